The van der Waals surface area contributed by atoms with E-state index in [1.165, 1.54) is 0 Å². The highest BCUT2D eigenvalue weighted by atomic mass is 35.5. The summed E-state index contributed by atoms with van der Waals surface area (Å²) in [5.41, 5.74) is 8.19. The fraction of sp³-hybridized carbons (Fsp3) is 0.235. The molecule has 0 saturated heterocycles. The average Bonchev–Trinajstić information content (AvgIpc) is 2.69. The first-order valence-corrected chi connectivity index (χ1v) is 7.15. The molecule has 0 aromatic heterocycles. The van der Waals surface area contributed by atoms with Gasteiger partial charge in [0.2, 0.25) is 0 Å². The van der Waals surface area contributed by atoms with Crippen LogP contribution in [0.2, 0.25) is 5.02 Å². The van der Waals surface area contributed by atoms with Crippen LogP contribution in [0.25, 0.3) is 0 Å². The zero-order valence-corrected chi connectivity index (χ0v) is 12.7. The van der Waals surface area contributed by atoms with Gasteiger partial charge < -0.3 is 10.5 Å². The summed E-state index contributed by atoms with van der Waals surface area (Å²) in [4.78, 5) is 12.6. The SMILES string of the molecule is CC1(C)Cc2cc(C(=O)c3cc(N)cc(Cl)c3)ccc2O1. The van der Waals surface area contributed by atoms with E-state index >= 15 is 0 Å². The Hall–Kier alpha value is -2.00. The number of rotatable bonds is 2. The summed E-state index contributed by atoms with van der Waals surface area (Å²) < 4.78 is 5.82. The maximum Gasteiger partial charge on any atom is 0.193 e. The molecule has 3 nitrogen and oxygen atoms in total. The average molecular weight is 302 g/mol. The van der Waals surface area contributed by atoms with Crippen LogP contribution in [0.5, 0.6) is 5.75 Å². The monoisotopic (exact) mass is 301 g/mol. The van der Waals surface area contributed by atoms with Gasteiger partial charge in [-0.15, -0.1) is 0 Å². The highest BCUT2D eigenvalue weighted by molar-refractivity contribution is 6.31. The second-order valence-corrected chi connectivity index (χ2v) is 6.40. The topological polar surface area (TPSA) is 52.3 Å². The van der Waals surface area contributed by atoms with E-state index in [0.717, 1.165) is 17.7 Å². The summed E-state index contributed by atoms with van der Waals surface area (Å²) in [7, 11) is 0. The first kappa shape index (κ1) is 14.0. The number of anilines is 1. The lowest BCUT2D eigenvalue weighted by Gasteiger charge is -2.16. The second kappa shape index (κ2) is 4.78. The Balaban J connectivity index is 1.97. The zero-order chi connectivity index (χ0) is 15.2. The number of nitrogens with two attached hydrogens (primary N) is 1. The summed E-state index contributed by atoms with van der Waals surface area (Å²) >= 11 is 5.96. The molecule has 3 rings (SSSR count). The third kappa shape index (κ3) is 2.74. The summed E-state index contributed by atoms with van der Waals surface area (Å²) in [5.74, 6) is 0.763. The molecule has 0 aliphatic carbocycles. The highest BCUT2D eigenvalue weighted by Crippen LogP contribution is 2.35. The minimum atomic E-state index is -0.218. The van der Waals surface area contributed by atoms with E-state index in [1.54, 1.807) is 24.3 Å². The lowest BCUT2D eigenvalue weighted by molar-refractivity contribution is 0.103. The van der Waals surface area contributed by atoms with E-state index in [0.29, 0.717) is 21.8 Å². The minimum absolute atomic E-state index is 0.0864. The number of hydrogen-bond acceptors (Lipinski definition) is 3. The van der Waals surface area contributed by atoms with Gasteiger partial charge in [-0.05, 0) is 55.8 Å². The van der Waals surface area contributed by atoms with E-state index in [2.05, 4.69) is 0 Å². The van der Waals surface area contributed by atoms with E-state index in [1.807, 2.05) is 26.0 Å². The van der Waals surface area contributed by atoms with Gasteiger partial charge in [-0.1, -0.05) is 11.6 Å². The van der Waals surface area contributed by atoms with Gasteiger partial charge in [-0.3, -0.25) is 4.79 Å². The number of carbonyl (C=O) groups excluding carboxylic acids is 1. The number of benzene rings is 2. The molecule has 21 heavy (non-hydrogen) atoms. The van der Waals surface area contributed by atoms with Gasteiger partial charge in [0, 0.05) is 28.3 Å². The second-order valence-electron chi connectivity index (χ2n) is 5.96. The van der Waals surface area contributed by atoms with Crippen LogP contribution < -0.4 is 10.5 Å². The summed E-state index contributed by atoms with van der Waals surface area (Å²) in [5, 5.41) is 0.462. The van der Waals surface area contributed by atoms with Gasteiger partial charge in [-0.25, -0.2) is 0 Å². The van der Waals surface area contributed by atoms with Crippen LogP contribution >= 0.6 is 11.6 Å². The van der Waals surface area contributed by atoms with E-state index in [-0.39, 0.29) is 11.4 Å². The minimum Gasteiger partial charge on any atom is -0.487 e. The number of nitrogen functional groups attached to an aromatic ring is 1. The lowest BCUT2D eigenvalue weighted by Crippen LogP contribution is -2.24. The van der Waals surface area contributed by atoms with Crippen molar-refractivity contribution in [2.24, 2.45) is 0 Å². The Morgan fingerprint density at radius 2 is 1.95 bits per heavy atom. The standard InChI is InChI=1S/C17H16ClNO2/c1-17(2)9-12-5-10(3-4-15(12)21-17)16(20)11-6-13(18)8-14(19)7-11/h3-8H,9,19H2,1-2H3. The number of halogens is 1. The van der Waals surface area contributed by atoms with E-state index < -0.39 is 0 Å². The van der Waals surface area contributed by atoms with Crippen molar-refractivity contribution >= 4 is 23.1 Å². The Morgan fingerprint density at radius 1 is 1.19 bits per heavy atom. The van der Waals surface area contributed by atoms with Crippen molar-refractivity contribution in [2.75, 3.05) is 5.73 Å². The number of ether oxygens (including phenoxy) is 1. The van der Waals surface area contributed by atoms with E-state index in [4.69, 9.17) is 22.1 Å². The molecule has 0 fully saturated rings. The molecule has 1 heterocycles. The molecule has 2 N–H and O–H groups in total. The van der Waals surface area contributed by atoms with Gasteiger partial charge in [0.05, 0.1) is 0 Å². The molecule has 0 unspecified atom stereocenters. The summed E-state index contributed by atoms with van der Waals surface area (Å²) in [6, 6.07) is 10.4. The van der Waals surface area contributed by atoms with Crippen LogP contribution in [-0.2, 0) is 6.42 Å². The predicted octanol–water partition coefficient (Wildman–Crippen LogP) is 3.87. The first-order chi connectivity index (χ1) is 9.84. The molecule has 0 spiro atoms. The quantitative estimate of drug-likeness (QED) is 0.677. The van der Waals surface area contributed by atoms with Crippen LogP contribution in [-0.4, -0.2) is 11.4 Å². The summed E-state index contributed by atoms with van der Waals surface area (Å²) in [6.45, 7) is 4.07. The third-order valence-corrected chi connectivity index (χ3v) is 3.73. The molecule has 108 valence electrons. The Labute approximate surface area is 128 Å². The molecule has 0 saturated carbocycles. The molecule has 1 aliphatic heterocycles. The molecular weight excluding hydrogens is 286 g/mol. The largest absolute Gasteiger partial charge is 0.487 e. The van der Waals surface area contributed by atoms with Crippen molar-refractivity contribution in [3.05, 3.63) is 58.1 Å². The maximum absolute atomic E-state index is 12.6. The molecule has 2 aromatic carbocycles. The predicted molar refractivity (Wildman–Crippen MR) is 84.1 cm³/mol. The maximum atomic E-state index is 12.6. The molecule has 4 heteroatoms. The molecular formula is C17H16ClNO2. The molecule has 0 bridgehead atoms. The molecule has 0 radical (unpaired) electrons. The molecule has 0 atom stereocenters. The van der Waals surface area contributed by atoms with Crippen molar-refractivity contribution in [3.8, 4) is 5.75 Å². The fourth-order valence-electron chi connectivity index (χ4n) is 2.66. The van der Waals surface area contributed by atoms with Gasteiger partial charge in [0.15, 0.2) is 5.78 Å². The van der Waals surface area contributed by atoms with Crippen molar-refractivity contribution in [3.63, 3.8) is 0 Å². The highest BCUT2D eigenvalue weighted by Gasteiger charge is 2.30. The fourth-order valence-corrected chi connectivity index (χ4v) is 2.90. The van der Waals surface area contributed by atoms with E-state index in [9.17, 15) is 4.79 Å². The van der Waals surface area contributed by atoms with Crippen molar-refractivity contribution < 1.29 is 9.53 Å². The van der Waals surface area contributed by atoms with Crippen LogP contribution in [0.3, 0.4) is 0 Å². The normalized spacial score (nSPS) is 15.4. The molecule has 2 aromatic rings. The number of carbonyl (C=O) groups is 1. The third-order valence-electron chi connectivity index (χ3n) is 3.51. The smallest absolute Gasteiger partial charge is 0.193 e. The Bertz CT molecular complexity index is 717. The Morgan fingerprint density at radius 3 is 2.67 bits per heavy atom. The van der Waals surface area contributed by atoms with Crippen LogP contribution in [0.15, 0.2) is 36.4 Å². The lowest BCUT2D eigenvalue weighted by atomic mass is 9.97. The first-order valence-electron chi connectivity index (χ1n) is 6.77. The molecule has 0 amide bonds. The Kier molecular flexibility index (Phi) is 3.18. The van der Waals surface area contributed by atoms with Crippen LogP contribution in [0.1, 0.15) is 35.3 Å². The number of fused-ring (bicyclic) bond motifs is 1. The van der Waals surface area contributed by atoms with Crippen molar-refractivity contribution in [2.45, 2.75) is 25.9 Å². The van der Waals surface area contributed by atoms with Gasteiger partial charge in [0.25, 0.3) is 0 Å². The van der Waals surface area contributed by atoms with Crippen LogP contribution in [0, 0.1) is 0 Å². The zero-order valence-electron chi connectivity index (χ0n) is 11.9. The van der Waals surface area contributed by atoms with Crippen molar-refractivity contribution in [1.82, 2.24) is 0 Å². The number of ketones is 1. The van der Waals surface area contributed by atoms with Gasteiger partial charge in [-0.2, -0.15) is 0 Å². The van der Waals surface area contributed by atoms with Gasteiger partial charge in [0.1, 0.15) is 11.4 Å². The van der Waals surface area contributed by atoms with Crippen molar-refractivity contribution in [1.29, 1.82) is 0 Å². The summed E-state index contributed by atoms with van der Waals surface area (Å²) in [6.07, 6.45) is 0.793. The number of hydrogen-bond donors (Lipinski definition) is 1. The van der Waals surface area contributed by atoms with Crippen LogP contribution in [0.4, 0.5) is 5.69 Å². The van der Waals surface area contributed by atoms with Gasteiger partial charge >= 0.3 is 0 Å². The molecule has 1 aliphatic rings.